The highest BCUT2D eigenvalue weighted by atomic mass is 15.0. The van der Waals surface area contributed by atoms with Crippen LogP contribution >= 0.6 is 0 Å². The third-order valence-corrected chi connectivity index (χ3v) is 3.11. The standard InChI is InChI=1S/C11H17N3/c1-8-4-7-13-10(12)9(8)11(2)5-3-6-14-11/h4,7,14H,3,5-6H2,1-2H3,(H2,12,13). The summed E-state index contributed by atoms with van der Waals surface area (Å²) in [5.74, 6) is 0.668. The molecule has 0 aliphatic carbocycles. The highest BCUT2D eigenvalue weighted by molar-refractivity contribution is 5.48. The van der Waals surface area contributed by atoms with Gasteiger partial charge >= 0.3 is 0 Å². The lowest BCUT2D eigenvalue weighted by atomic mass is 9.88. The van der Waals surface area contributed by atoms with Crippen LogP contribution in [0.5, 0.6) is 0 Å². The molecule has 0 radical (unpaired) electrons. The molecule has 14 heavy (non-hydrogen) atoms. The van der Waals surface area contributed by atoms with E-state index in [9.17, 15) is 0 Å². The molecule has 1 aromatic rings. The maximum absolute atomic E-state index is 5.94. The zero-order valence-electron chi connectivity index (χ0n) is 8.80. The maximum atomic E-state index is 5.94. The van der Waals surface area contributed by atoms with E-state index in [4.69, 9.17) is 5.73 Å². The summed E-state index contributed by atoms with van der Waals surface area (Å²) in [5, 5.41) is 3.51. The Morgan fingerprint density at radius 2 is 2.36 bits per heavy atom. The molecule has 3 heteroatoms. The Kier molecular flexibility index (Phi) is 2.19. The van der Waals surface area contributed by atoms with Crippen LogP contribution in [0.1, 0.15) is 30.9 Å². The number of nitrogens with two attached hydrogens (primary N) is 1. The van der Waals surface area contributed by atoms with Crippen LogP contribution in [0.3, 0.4) is 0 Å². The molecule has 1 aromatic heterocycles. The first-order valence-electron chi connectivity index (χ1n) is 5.10. The molecule has 1 aliphatic heterocycles. The van der Waals surface area contributed by atoms with Gasteiger partial charge in [-0.25, -0.2) is 4.98 Å². The average molecular weight is 191 g/mol. The Hall–Kier alpha value is -1.09. The second kappa shape index (κ2) is 3.24. The zero-order chi connectivity index (χ0) is 10.2. The van der Waals surface area contributed by atoms with Crippen molar-refractivity contribution in [2.75, 3.05) is 12.3 Å². The van der Waals surface area contributed by atoms with Crippen molar-refractivity contribution in [2.24, 2.45) is 0 Å². The van der Waals surface area contributed by atoms with Crippen LogP contribution in [-0.4, -0.2) is 11.5 Å². The van der Waals surface area contributed by atoms with Crippen LogP contribution in [0.2, 0.25) is 0 Å². The number of hydrogen-bond acceptors (Lipinski definition) is 3. The van der Waals surface area contributed by atoms with Gasteiger partial charge in [-0.15, -0.1) is 0 Å². The molecule has 2 heterocycles. The number of nitrogens with zero attached hydrogens (tertiary/aromatic N) is 1. The van der Waals surface area contributed by atoms with Crippen LogP contribution in [0.15, 0.2) is 12.3 Å². The number of pyridine rings is 1. The van der Waals surface area contributed by atoms with Gasteiger partial charge in [-0.2, -0.15) is 0 Å². The van der Waals surface area contributed by atoms with Gasteiger partial charge in [0.1, 0.15) is 5.82 Å². The van der Waals surface area contributed by atoms with Crippen molar-refractivity contribution in [3.63, 3.8) is 0 Å². The molecule has 0 amide bonds. The smallest absolute Gasteiger partial charge is 0.128 e. The van der Waals surface area contributed by atoms with Gasteiger partial charge in [0, 0.05) is 17.3 Å². The minimum Gasteiger partial charge on any atom is -0.383 e. The monoisotopic (exact) mass is 191 g/mol. The fourth-order valence-corrected chi connectivity index (χ4v) is 2.41. The summed E-state index contributed by atoms with van der Waals surface area (Å²) < 4.78 is 0. The van der Waals surface area contributed by atoms with E-state index in [0.29, 0.717) is 5.82 Å². The van der Waals surface area contributed by atoms with Crippen LogP contribution in [0.25, 0.3) is 0 Å². The van der Waals surface area contributed by atoms with Crippen molar-refractivity contribution in [3.05, 3.63) is 23.4 Å². The first-order valence-corrected chi connectivity index (χ1v) is 5.10. The van der Waals surface area contributed by atoms with E-state index in [0.717, 1.165) is 13.0 Å². The summed E-state index contributed by atoms with van der Waals surface area (Å²) in [6, 6.07) is 2.02. The topological polar surface area (TPSA) is 50.9 Å². The van der Waals surface area contributed by atoms with E-state index >= 15 is 0 Å². The highest BCUT2D eigenvalue weighted by Gasteiger charge is 2.33. The molecule has 1 aliphatic rings. The second-order valence-corrected chi connectivity index (χ2v) is 4.25. The van der Waals surface area contributed by atoms with E-state index in [2.05, 4.69) is 24.1 Å². The minimum atomic E-state index is 0.0302. The summed E-state index contributed by atoms with van der Waals surface area (Å²) >= 11 is 0. The molecule has 1 atom stereocenters. The molecule has 0 bridgehead atoms. The van der Waals surface area contributed by atoms with Crippen molar-refractivity contribution in [2.45, 2.75) is 32.2 Å². The molecule has 0 spiro atoms. The molecule has 76 valence electrons. The van der Waals surface area contributed by atoms with E-state index in [1.165, 1.54) is 17.5 Å². The van der Waals surface area contributed by atoms with Crippen molar-refractivity contribution in [3.8, 4) is 0 Å². The predicted molar refractivity (Wildman–Crippen MR) is 58.0 cm³/mol. The van der Waals surface area contributed by atoms with Crippen molar-refractivity contribution in [1.29, 1.82) is 0 Å². The minimum absolute atomic E-state index is 0.0302. The van der Waals surface area contributed by atoms with E-state index in [1.54, 1.807) is 6.20 Å². The van der Waals surface area contributed by atoms with Crippen LogP contribution in [-0.2, 0) is 5.54 Å². The summed E-state index contributed by atoms with van der Waals surface area (Å²) in [7, 11) is 0. The second-order valence-electron chi connectivity index (χ2n) is 4.25. The number of hydrogen-bond donors (Lipinski definition) is 2. The van der Waals surface area contributed by atoms with E-state index < -0.39 is 0 Å². The number of nitrogens with one attached hydrogen (secondary N) is 1. The van der Waals surface area contributed by atoms with E-state index in [1.807, 2.05) is 6.07 Å². The molecule has 1 fully saturated rings. The largest absolute Gasteiger partial charge is 0.383 e. The summed E-state index contributed by atoms with van der Waals surface area (Å²) in [6.07, 6.45) is 4.13. The van der Waals surface area contributed by atoms with Crippen LogP contribution in [0, 0.1) is 6.92 Å². The van der Waals surface area contributed by atoms with Gasteiger partial charge in [0.25, 0.3) is 0 Å². The third kappa shape index (κ3) is 1.38. The number of anilines is 1. The lowest BCUT2D eigenvalue weighted by molar-refractivity contribution is 0.433. The Morgan fingerprint density at radius 3 is 2.93 bits per heavy atom. The van der Waals surface area contributed by atoms with Gasteiger partial charge in [-0.3, -0.25) is 0 Å². The number of nitrogen functional groups attached to an aromatic ring is 1. The maximum Gasteiger partial charge on any atom is 0.128 e. The van der Waals surface area contributed by atoms with Gasteiger partial charge in [0.15, 0.2) is 0 Å². The molecule has 1 unspecified atom stereocenters. The first-order chi connectivity index (χ1) is 6.63. The SMILES string of the molecule is Cc1ccnc(N)c1C1(C)CCCN1. The van der Waals surface area contributed by atoms with Crippen molar-refractivity contribution >= 4 is 5.82 Å². The molecule has 0 saturated carbocycles. The number of aryl methyl sites for hydroxylation is 1. The summed E-state index contributed by atoms with van der Waals surface area (Å²) in [5.41, 5.74) is 8.37. The fourth-order valence-electron chi connectivity index (χ4n) is 2.41. The molecular formula is C11H17N3. The van der Waals surface area contributed by atoms with Crippen LogP contribution < -0.4 is 11.1 Å². The molecule has 3 nitrogen and oxygen atoms in total. The van der Waals surface area contributed by atoms with Gasteiger partial charge < -0.3 is 11.1 Å². The number of aromatic nitrogens is 1. The van der Waals surface area contributed by atoms with Gasteiger partial charge in [0.2, 0.25) is 0 Å². The van der Waals surface area contributed by atoms with Gasteiger partial charge in [0.05, 0.1) is 0 Å². The van der Waals surface area contributed by atoms with Crippen molar-refractivity contribution in [1.82, 2.24) is 10.3 Å². The average Bonchev–Trinajstić information content (AvgIpc) is 2.52. The first kappa shape index (κ1) is 9.46. The summed E-state index contributed by atoms with van der Waals surface area (Å²) in [4.78, 5) is 4.17. The predicted octanol–water partition coefficient (Wildman–Crippen LogP) is 1.57. The Bertz CT molecular complexity index is 320. The molecular weight excluding hydrogens is 174 g/mol. The Balaban J connectivity index is 2.49. The molecule has 1 saturated heterocycles. The summed E-state index contributed by atoms with van der Waals surface area (Å²) in [6.45, 7) is 5.38. The molecule has 3 N–H and O–H groups in total. The normalized spacial score (nSPS) is 26.7. The van der Waals surface area contributed by atoms with Gasteiger partial charge in [-0.1, -0.05) is 0 Å². The molecule has 2 rings (SSSR count). The van der Waals surface area contributed by atoms with E-state index in [-0.39, 0.29) is 5.54 Å². The quantitative estimate of drug-likeness (QED) is 0.708. The highest BCUT2D eigenvalue weighted by Crippen LogP contribution is 2.34. The number of rotatable bonds is 1. The van der Waals surface area contributed by atoms with Gasteiger partial charge in [-0.05, 0) is 44.9 Å². The van der Waals surface area contributed by atoms with Crippen molar-refractivity contribution < 1.29 is 0 Å². The third-order valence-electron chi connectivity index (χ3n) is 3.11. The molecule has 0 aromatic carbocycles. The Labute approximate surface area is 84.7 Å². The lowest BCUT2D eigenvalue weighted by Crippen LogP contribution is -2.35. The fraction of sp³-hybridized carbons (Fsp3) is 0.545. The zero-order valence-corrected chi connectivity index (χ0v) is 8.80. The Morgan fingerprint density at radius 1 is 1.57 bits per heavy atom. The lowest BCUT2D eigenvalue weighted by Gasteiger charge is -2.27. The van der Waals surface area contributed by atoms with Crippen LogP contribution in [0.4, 0.5) is 5.82 Å².